The van der Waals surface area contributed by atoms with Gasteiger partial charge in [-0.15, -0.1) is 0 Å². The maximum absolute atomic E-state index is 13.5. The highest BCUT2D eigenvalue weighted by Gasteiger charge is 2.38. The first kappa shape index (κ1) is 11.6. The molecule has 0 radical (unpaired) electrons. The van der Waals surface area contributed by atoms with Gasteiger partial charge < -0.3 is 9.72 Å². The SMILES string of the molecule is COC1(Cc2nc3c(F)c(F)ccc3[nH]2)CCC1. The zero-order valence-electron chi connectivity index (χ0n) is 10.1. The Morgan fingerprint density at radius 3 is 2.78 bits per heavy atom. The van der Waals surface area contributed by atoms with Crippen LogP contribution >= 0.6 is 0 Å². The standard InChI is InChI=1S/C13H14F2N2O/c1-18-13(5-2-6-13)7-10-16-9-4-3-8(14)11(15)12(9)17-10/h3-4H,2,5-7H2,1H3,(H,16,17). The Balaban J connectivity index is 1.96. The summed E-state index contributed by atoms with van der Waals surface area (Å²) in [5.74, 6) is -1.11. The van der Waals surface area contributed by atoms with E-state index in [1.54, 1.807) is 7.11 Å². The number of halogens is 2. The molecule has 0 spiro atoms. The van der Waals surface area contributed by atoms with E-state index in [9.17, 15) is 8.78 Å². The van der Waals surface area contributed by atoms with Gasteiger partial charge in [-0.2, -0.15) is 0 Å². The largest absolute Gasteiger partial charge is 0.378 e. The van der Waals surface area contributed by atoms with Gasteiger partial charge in [-0.1, -0.05) is 0 Å². The first-order valence-electron chi connectivity index (χ1n) is 6.01. The fraction of sp³-hybridized carbons (Fsp3) is 0.462. The molecule has 1 saturated carbocycles. The number of fused-ring (bicyclic) bond motifs is 1. The average Bonchev–Trinajstić information content (AvgIpc) is 2.72. The third kappa shape index (κ3) is 1.70. The van der Waals surface area contributed by atoms with Crippen molar-refractivity contribution in [3.63, 3.8) is 0 Å². The molecule has 1 aliphatic rings. The van der Waals surface area contributed by atoms with Crippen LogP contribution in [0.5, 0.6) is 0 Å². The number of benzene rings is 1. The Morgan fingerprint density at radius 1 is 1.39 bits per heavy atom. The van der Waals surface area contributed by atoms with E-state index in [0.29, 0.717) is 17.8 Å². The van der Waals surface area contributed by atoms with Crippen LogP contribution in [-0.2, 0) is 11.2 Å². The number of aromatic amines is 1. The molecule has 5 heteroatoms. The lowest BCUT2D eigenvalue weighted by atomic mass is 9.77. The molecule has 96 valence electrons. The second kappa shape index (κ2) is 4.02. The molecule has 3 nitrogen and oxygen atoms in total. The van der Waals surface area contributed by atoms with Gasteiger partial charge in [0.25, 0.3) is 0 Å². The molecule has 1 aliphatic carbocycles. The normalized spacial score (nSPS) is 17.9. The van der Waals surface area contributed by atoms with Crippen molar-refractivity contribution >= 4 is 11.0 Å². The zero-order chi connectivity index (χ0) is 12.8. The van der Waals surface area contributed by atoms with Gasteiger partial charge in [0.1, 0.15) is 11.3 Å². The summed E-state index contributed by atoms with van der Waals surface area (Å²) in [4.78, 5) is 7.16. The van der Waals surface area contributed by atoms with Crippen molar-refractivity contribution in [1.29, 1.82) is 0 Å². The first-order valence-corrected chi connectivity index (χ1v) is 6.01. The van der Waals surface area contributed by atoms with Crippen molar-refractivity contribution in [2.75, 3.05) is 7.11 Å². The second-order valence-corrected chi connectivity index (χ2v) is 4.86. The van der Waals surface area contributed by atoms with Crippen LogP contribution in [0.3, 0.4) is 0 Å². The summed E-state index contributed by atoms with van der Waals surface area (Å²) in [6.45, 7) is 0. The Labute approximate surface area is 103 Å². The summed E-state index contributed by atoms with van der Waals surface area (Å²) in [5, 5.41) is 0. The number of nitrogens with one attached hydrogen (secondary N) is 1. The molecule has 3 rings (SSSR count). The summed E-state index contributed by atoms with van der Waals surface area (Å²) in [6.07, 6.45) is 3.71. The number of hydrogen-bond acceptors (Lipinski definition) is 2. The van der Waals surface area contributed by atoms with Gasteiger partial charge in [0.2, 0.25) is 0 Å². The minimum Gasteiger partial charge on any atom is -0.378 e. The van der Waals surface area contributed by atoms with Gasteiger partial charge in [0, 0.05) is 13.5 Å². The van der Waals surface area contributed by atoms with Crippen molar-refractivity contribution in [2.45, 2.75) is 31.3 Å². The average molecular weight is 252 g/mol. The highest BCUT2D eigenvalue weighted by molar-refractivity contribution is 5.75. The van der Waals surface area contributed by atoms with E-state index in [4.69, 9.17) is 4.74 Å². The molecule has 1 heterocycles. The first-order chi connectivity index (χ1) is 8.63. The van der Waals surface area contributed by atoms with Crippen LogP contribution < -0.4 is 0 Å². The fourth-order valence-electron chi connectivity index (χ4n) is 2.48. The maximum atomic E-state index is 13.5. The highest BCUT2D eigenvalue weighted by Crippen LogP contribution is 2.37. The third-order valence-electron chi connectivity index (χ3n) is 3.78. The molecule has 2 aromatic rings. The van der Waals surface area contributed by atoms with Crippen LogP contribution in [0.2, 0.25) is 0 Å². The van der Waals surface area contributed by atoms with Crippen molar-refractivity contribution in [3.8, 4) is 0 Å². The lowest BCUT2D eigenvalue weighted by molar-refractivity contribution is -0.0719. The third-order valence-corrected chi connectivity index (χ3v) is 3.78. The molecule has 0 unspecified atom stereocenters. The number of nitrogens with zero attached hydrogens (tertiary/aromatic N) is 1. The molecule has 1 N–H and O–H groups in total. The van der Waals surface area contributed by atoms with Crippen molar-refractivity contribution in [3.05, 3.63) is 29.6 Å². The minimum atomic E-state index is -0.893. The molecule has 18 heavy (non-hydrogen) atoms. The molecule has 0 bridgehead atoms. The van der Waals surface area contributed by atoms with Crippen LogP contribution in [0.4, 0.5) is 8.78 Å². The Bertz CT molecular complexity index is 584. The van der Waals surface area contributed by atoms with E-state index < -0.39 is 11.6 Å². The Kier molecular flexibility index (Phi) is 2.59. The van der Waals surface area contributed by atoms with Crippen LogP contribution in [0.1, 0.15) is 25.1 Å². The van der Waals surface area contributed by atoms with Crippen molar-refractivity contribution in [2.24, 2.45) is 0 Å². The summed E-state index contributed by atoms with van der Waals surface area (Å²) >= 11 is 0. The van der Waals surface area contributed by atoms with Crippen LogP contribution in [0.25, 0.3) is 11.0 Å². The van der Waals surface area contributed by atoms with E-state index in [1.807, 2.05) is 0 Å². The lowest BCUT2D eigenvalue weighted by Gasteiger charge is -2.39. The Hall–Kier alpha value is -1.49. The van der Waals surface area contributed by atoms with Crippen LogP contribution in [0.15, 0.2) is 12.1 Å². The summed E-state index contributed by atoms with van der Waals surface area (Å²) < 4.78 is 32.1. The number of methoxy groups -OCH3 is 1. The molecule has 1 aromatic heterocycles. The molecule has 1 fully saturated rings. The highest BCUT2D eigenvalue weighted by atomic mass is 19.2. The van der Waals surface area contributed by atoms with Crippen molar-refractivity contribution < 1.29 is 13.5 Å². The number of imidazole rings is 1. The number of H-pyrrole nitrogens is 1. The van der Waals surface area contributed by atoms with Gasteiger partial charge in [-0.25, -0.2) is 13.8 Å². The Morgan fingerprint density at radius 2 is 2.17 bits per heavy atom. The monoisotopic (exact) mass is 252 g/mol. The maximum Gasteiger partial charge on any atom is 0.186 e. The van der Waals surface area contributed by atoms with E-state index in [0.717, 1.165) is 25.3 Å². The quantitative estimate of drug-likeness (QED) is 0.912. The second-order valence-electron chi connectivity index (χ2n) is 4.86. The summed E-state index contributed by atoms with van der Waals surface area (Å²) in [6, 6.07) is 2.61. The van der Waals surface area contributed by atoms with Gasteiger partial charge >= 0.3 is 0 Å². The van der Waals surface area contributed by atoms with Gasteiger partial charge in [-0.3, -0.25) is 0 Å². The molecular formula is C13H14F2N2O. The predicted octanol–water partition coefficient (Wildman–Crippen LogP) is 2.95. The number of aromatic nitrogens is 2. The predicted molar refractivity (Wildman–Crippen MR) is 63.3 cm³/mol. The van der Waals surface area contributed by atoms with E-state index >= 15 is 0 Å². The van der Waals surface area contributed by atoms with E-state index in [-0.39, 0.29) is 11.1 Å². The topological polar surface area (TPSA) is 37.9 Å². The number of hydrogen-bond donors (Lipinski definition) is 1. The zero-order valence-corrected chi connectivity index (χ0v) is 10.1. The number of ether oxygens (including phenoxy) is 1. The fourth-order valence-corrected chi connectivity index (χ4v) is 2.48. The van der Waals surface area contributed by atoms with Crippen molar-refractivity contribution in [1.82, 2.24) is 9.97 Å². The summed E-state index contributed by atoms with van der Waals surface area (Å²) in [7, 11) is 1.68. The lowest BCUT2D eigenvalue weighted by Crippen LogP contribution is -2.41. The molecule has 0 aliphatic heterocycles. The number of rotatable bonds is 3. The van der Waals surface area contributed by atoms with E-state index in [2.05, 4.69) is 9.97 Å². The van der Waals surface area contributed by atoms with Gasteiger partial charge in [0.15, 0.2) is 11.6 Å². The molecule has 0 saturated heterocycles. The van der Waals surface area contributed by atoms with Gasteiger partial charge in [0.05, 0.1) is 11.1 Å². The summed E-state index contributed by atoms with van der Waals surface area (Å²) in [5.41, 5.74) is 0.410. The molecule has 0 atom stereocenters. The van der Waals surface area contributed by atoms with Gasteiger partial charge in [-0.05, 0) is 31.4 Å². The molecule has 0 amide bonds. The van der Waals surface area contributed by atoms with Crippen LogP contribution in [0, 0.1) is 11.6 Å². The van der Waals surface area contributed by atoms with E-state index in [1.165, 1.54) is 6.07 Å². The smallest absolute Gasteiger partial charge is 0.186 e. The van der Waals surface area contributed by atoms with Crippen LogP contribution in [-0.4, -0.2) is 22.7 Å². The molecule has 1 aromatic carbocycles. The minimum absolute atomic E-state index is 0.0653. The molecular weight excluding hydrogens is 238 g/mol.